The van der Waals surface area contributed by atoms with Gasteiger partial charge in [0, 0.05) is 51.5 Å². The molecule has 15 heteroatoms. The number of benzene rings is 5. The van der Waals surface area contributed by atoms with Crippen LogP contribution in [0.15, 0.2) is 131 Å². The number of aryl methyl sites for hydroxylation is 1. The Kier molecular flexibility index (Phi) is 11.1. The number of nitrogens with one attached hydrogen (secondary N) is 3. The number of hydrogen-bond acceptors (Lipinski definition) is 8. The average Bonchev–Trinajstić information content (AvgIpc) is 3.11. The zero-order valence-electron chi connectivity index (χ0n) is 28.0. The van der Waals surface area contributed by atoms with Gasteiger partial charge in [0.25, 0.3) is 26.1 Å². The van der Waals surface area contributed by atoms with E-state index in [0.717, 1.165) is 18.2 Å². The minimum atomic E-state index is -4.78. The van der Waals surface area contributed by atoms with Crippen LogP contribution in [-0.2, 0) is 29.8 Å². The SMILES string of the molecule is CC(=O)c1ccc(C(=O)Nc2ccc(-c3ccc(NC(=O)/C=C/C(=O)Nc4ccc(-c5ccc(C)cc5S(=O)(=O)O)cc4)cc3S(=O)(=O)O)cc2)cc1. The molecule has 13 nitrogen and oxygen atoms in total. The molecule has 5 rings (SSSR count). The molecule has 0 saturated carbocycles. The summed E-state index contributed by atoms with van der Waals surface area (Å²) in [6.45, 7) is 3.11. The molecule has 0 atom stereocenters. The van der Waals surface area contributed by atoms with E-state index in [1.165, 1.54) is 73.7 Å². The maximum absolute atomic E-state index is 12.6. The molecule has 270 valence electrons. The summed E-state index contributed by atoms with van der Waals surface area (Å²) in [6.07, 6.45) is 1.86. The summed E-state index contributed by atoms with van der Waals surface area (Å²) in [5.74, 6) is -2.02. The topological polar surface area (TPSA) is 213 Å². The van der Waals surface area contributed by atoms with Crippen molar-refractivity contribution in [1.29, 1.82) is 0 Å². The maximum Gasteiger partial charge on any atom is 0.295 e. The molecule has 5 aromatic carbocycles. The lowest BCUT2D eigenvalue weighted by Crippen LogP contribution is -2.12. The number of rotatable bonds is 11. The smallest absolute Gasteiger partial charge is 0.295 e. The summed E-state index contributed by atoms with van der Waals surface area (Å²) in [5, 5.41) is 7.71. The van der Waals surface area contributed by atoms with E-state index >= 15 is 0 Å². The quantitative estimate of drug-likeness (QED) is 0.0568. The number of amides is 3. The van der Waals surface area contributed by atoms with Gasteiger partial charge < -0.3 is 16.0 Å². The van der Waals surface area contributed by atoms with Crippen LogP contribution in [0.2, 0.25) is 0 Å². The van der Waals surface area contributed by atoms with Gasteiger partial charge in [-0.1, -0.05) is 54.6 Å². The highest BCUT2D eigenvalue weighted by Crippen LogP contribution is 2.32. The van der Waals surface area contributed by atoms with Crippen LogP contribution in [0.5, 0.6) is 0 Å². The normalized spacial score (nSPS) is 11.5. The average molecular weight is 754 g/mol. The molecule has 0 saturated heterocycles. The van der Waals surface area contributed by atoms with E-state index in [9.17, 15) is 45.1 Å². The largest absolute Gasteiger partial charge is 0.323 e. The summed E-state index contributed by atoms with van der Waals surface area (Å²) in [7, 11) is -9.27. The zero-order chi connectivity index (χ0) is 38.5. The van der Waals surface area contributed by atoms with Crippen molar-refractivity contribution in [2.75, 3.05) is 16.0 Å². The molecule has 0 aliphatic heterocycles. The van der Waals surface area contributed by atoms with Gasteiger partial charge in [-0.25, -0.2) is 0 Å². The predicted molar refractivity (Wildman–Crippen MR) is 199 cm³/mol. The number of carbonyl (C=O) groups excluding carboxylic acids is 4. The molecule has 0 fully saturated rings. The van der Waals surface area contributed by atoms with Gasteiger partial charge in [-0.15, -0.1) is 0 Å². The Bertz CT molecular complexity index is 2500. The third-order valence-electron chi connectivity index (χ3n) is 7.80. The first-order valence-electron chi connectivity index (χ1n) is 15.6. The van der Waals surface area contributed by atoms with E-state index in [1.54, 1.807) is 43.3 Å². The van der Waals surface area contributed by atoms with E-state index in [2.05, 4.69) is 16.0 Å². The van der Waals surface area contributed by atoms with Gasteiger partial charge in [-0.05, 0) is 85.1 Å². The van der Waals surface area contributed by atoms with Crippen molar-refractivity contribution in [3.05, 3.63) is 138 Å². The molecule has 5 aromatic rings. The maximum atomic E-state index is 12.6. The Labute approximate surface area is 304 Å². The van der Waals surface area contributed by atoms with Crippen molar-refractivity contribution in [2.24, 2.45) is 0 Å². The number of Topliss-reactive ketones (excluding diaryl/α,β-unsaturated/α-hetero) is 1. The lowest BCUT2D eigenvalue weighted by Gasteiger charge is -2.12. The summed E-state index contributed by atoms with van der Waals surface area (Å²) in [4.78, 5) is 48.4. The molecule has 0 aromatic heterocycles. The first kappa shape index (κ1) is 38.0. The van der Waals surface area contributed by atoms with Gasteiger partial charge in [0.05, 0.1) is 0 Å². The van der Waals surface area contributed by atoms with Crippen molar-refractivity contribution in [3.63, 3.8) is 0 Å². The summed E-state index contributed by atoms with van der Waals surface area (Å²) >= 11 is 0. The Morgan fingerprint density at radius 1 is 0.528 bits per heavy atom. The molecule has 53 heavy (non-hydrogen) atoms. The van der Waals surface area contributed by atoms with E-state index in [0.29, 0.717) is 39.2 Å². The second-order valence-electron chi connectivity index (χ2n) is 11.7. The molecular formula is C38H31N3O10S2. The van der Waals surface area contributed by atoms with Gasteiger partial charge in [0.1, 0.15) is 9.79 Å². The van der Waals surface area contributed by atoms with Crippen molar-refractivity contribution in [2.45, 2.75) is 23.6 Å². The zero-order valence-corrected chi connectivity index (χ0v) is 29.7. The molecular weight excluding hydrogens is 723 g/mol. The molecule has 0 aliphatic rings. The van der Waals surface area contributed by atoms with Crippen LogP contribution in [0.4, 0.5) is 17.1 Å². The highest BCUT2D eigenvalue weighted by Gasteiger charge is 2.19. The molecule has 0 spiro atoms. The van der Waals surface area contributed by atoms with E-state index < -0.39 is 42.9 Å². The second-order valence-corrected chi connectivity index (χ2v) is 14.5. The van der Waals surface area contributed by atoms with Crippen molar-refractivity contribution in [1.82, 2.24) is 0 Å². The number of anilines is 3. The van der Waals surface area contributed by atoms with Crippen LogP contribution < -0.4 is 16.0 Å². The number of ketones is 1. The fourth-order valence-corrected chi connectivity index (χ4v) is 6.72. The highest BCUT2D eigenvalue weighted by molar-refractivity contribution is 7.86. The lowest BCUT2D eigenvalue weighted by molar-refractivity contribution is -0.114. The number of carbonyl (C=O) groups is 4. The third kappa shape index (κ3) is 9.75. The standard InChI is InChI=1S/C38H31N3O10S2/c1-23-3-17-32(34(21-23)52(46,47)48)26-8-12-29(13-9-26)39-36(43)19-20-37(44)40-31-16-18-33(35(22-31)53(49,50)51)27-10-14-30(15-11-27)41-38(45)28-6-4-25(5-7-28)24(2)42/h3-22H,1-2H3,(H,39,43)(H,40,44)(H,41,45)(H,46,47,48)(H,49,50,51)/b20-19+. The van der Waals surface area contributed by atoms with Crippen LogP contribution in [0.3, 0.4) is 0 Å². The van der Waals surface area contributed by atoms with Crippen molar-refractivity contribution >= 4 is 60.8 Å². The van der Waals surface area contributed by atoms with E-state index in [-0.39, 0.29) is 27.5 Å². The highest BCUT2D eigenvalue weighted by atomic mass is 32.2. The molecule has 0 bridgehead atoms. The Balaban J connectivity index is 1.22. The Morgan fingerprint density at radius 2 is 0.943 bits per heavy atom. The minimum Gasteiger partial charge on any atom is -0.323 e. The monoisotopic (exact) mass is 753 g/mol. The lowest BCUT2D eigenvalue weighted by atomic mass is 10.0. The number of hydrogen-bond donors (Lipinski definition) is 5. The first-order chi connectivity index (χ1) is 25.0. The fourth-order valence-electron chi connectivity index (χ4n) is 5.18. The van der Waals surface area contributed by atoms with Crippen LogP contribution in [-0.4, -0.2) is 49.4 Å². The van der Waals surface area contributed by atoms with E-state index in [4.69, 9.17) is 0 Å². The van der Waals surface area contributed by atoms with E-state index in [1.807, 2.05) is 0 Å². The summed E-state index contributed by atoms with van der Waals surface area (Å²) < 4.78 is 68.0. The van der Waals surface area contributed by atoms with Gasteiger partial charge in [0.15, 0.2) is 5.78 Å². The van der Waals surface area contributed by atoms with Gasteiger partial charge in [-0.2, -0.15) is 16.8 Å². The summed E-state index contributed by atoms with van der Waals surface area (Å²) in [5.41, 5.74) is 3.39. The molecule has 0 unspecified atom stereocenters. The third-order valence-corrected chi connectivity index (χ3v) is 9.59. The molecule has 0 radical (unpaired) electrons. The van der Waals surface area contributed by atoms with Crippen molar-refractivity contribution in [3.8, 4) is 22.3 Å². The van der Waals surface area contributed by atoms with Crippen LogP contribution in [0.1, 0.15) is 33.2 Å². The molecule has 5 N–H and O–H groups in total. The molecule has 0 aliphatic carbocycles. The summed E-state index contributed by atoms with van der Waals surface area (Å²) in [6, 6.07) is 26.8. The Hall–Kier alpha value is -6.26. The van der Waals surface area contributed by atoms with Gasteiger partial charge in [-0.3, -0.25) is 28.3 Å². The van der Waals surface area contributed by atoms with Crippen LogP contribution in [0.25, 0.3) is 22.3 Å². The Morgan fingerprint density at radius 3 is 1.43 bits per heavy atom. The molecule has 3 amide bonds. The first-order valence-corrected chi connectivity index (χ1v) is 18.5. The predicted octanol–water partition coefficient (Wildman–Crippen LogP) is 6.41. The van der Waals surface area contributed by atoms with Gasteiger partial charge >= 0.3 is 0 Å². The fraction of sp³-hybridized carbons (Fsp3) is 0.0526. The van der Waals surface area contributed by atoms with Crippen molar-refractivity contribution < 1.29 is 45.1 Å². The van der Waals surface area contributed by atoms with Crippen LogP contribution >= 0.6 is 0 Å². The minimum absolute atomic E-state index is 0.00654. The molecule has 0 heterocycles. The van der Waals surface area contributed by atoms with Gasteiger partial charge in [0.2, 0.25) is 11.8 Å². The second kappa shape index (κ2) is 15.5. The van der Waals surface area contributed by atoms with Crippen LogP contribution in [0, 0.1) is 6.92 Å².